The molecule has 0 radical (unpaired) electrons. The second kappa shape index (κ2) is 6.37. The molecule has 0 saturated heterocycles. The van der Waals surface area contributed by atoms with Crippen LogP contribution in [0.5, 0.6) is 11.5 Å². The number of para-hydroxylation sites is 1. The Bertz CT molecular complexity index is 800. The third-order valence-electron chi connectivity index (χ3n) is 3.52. The van der Waals surface area contributed by atoms with Gasteiger partial charge in [0.25, 0.3) is 0 Å². The Morgan fingerprint density at radius 1 is 1.22 bits per heavy atom. The molecule has 3 rings (SSSR count). The molecule has 1 aliphatic heterocycles. The number of carbonyl (C=O) groups is 1. The molecule has 1 atom stereocenters. The van der Waals surface area contributed by atoms with Gasteiger partial charge in [-0.25, -0.2) is 0 Å². The molecule has 0 spiro atoms. The Morgan fingerprint density at radius 3 is 2.70 bits per heavy atom. The highest BCUT2D eigenvalue weighted by Gasteiger charge is 2.22. The number of rotatable bonds is 3. The van der Waals surface area contributed by atoms with Gasteiger partial charge in [0, 0.05) is 5.57 Å². The Labute approximate surface area is 134 Å². The van der Waals surface area contributed by atoms with Gasteiger partial charge in [0.2, 0.25) is 0 Å². The Balaban J connectivity index is 1.80. The van der Waals surface area contributed by atoms with Gasteiger partial charge in [-0.3, -0.25) is 4.79 Å². The molecule has 2 aromatic rings. The SMILES string of the molecule is CC(C#N)Oc1ccc(/C=C2/COc3ccccc3C2=O)cc1. The van der Waals surface area contributed by atoms with Crippen LogP contribution in [-0.4, -0.2) is 18.5 Å². The molecule has 0 bridgehead atoms. The molecular formula is C19H15NO3. The molecule has 1 unspecified atom stereocenters. The molecule has 114 valence electrons. The summed E-state index contributed by atoms with van der Waals surface area (Å²) in [4.78, 5) is 12.5. The van der Waals surface area contributed by atoms with E-state index in [1.165, 1.54) is 0 Å². The lowest BCUT2D eigenvalue weighted by atomic mass is 9.98. The van der Waals surface area contributed by atoms with Crippen molar-refractivity contribution in [3.63, 3.8) is 0 Å². The maximum Gasteiger partial charge on any atom is 0.196 e. The summed E-state index contributed by atoms with van der Waals surface area (Å²) >= 11 is 0. The number of ketones is 1. The molecule has 4 nitrogen and oxygen atoms in total. The summed E-state index contributed by atoms with van der Waals surface area (Å²) in [7, 11) is 0. The average molecular weight is 305 g/mol. The van der Waals surface area contributed by atoms with E-state index in [1.54, 1.807) is 31.2 Å². The van der Waals surface area contributed by atoms with Gasteiger partial charge in [0.05, 0.1) is 5.56 Å². The minimum absolute atomic E-state index is 0.00900. The number of Topliss-reactive ketones (excluding diaryl/α,β-unsaturated/α-hetero) is 1. The first-order valence-electron chi connectivity index (χ1n) is 7.31. The molecular weight excluding hydrogens is 290 g/mol. The molecule has 23 heavy (non-hydrogen) atoms. The van der Waals surface area contributed by atoms with Crippen molar-refractivity contribution < 1.29 is 14.3 Å². The fourth-order valence-electron chi connectivity index (χ4n) is 2.36. The second-order valence-electron chi connectivity index (χ2n) is 5.24. The molecule has 0 saturated carbocycles. The number of fused-ring (bicyclic) bond motifs is 1. The van der Waals surface area contributed by atoms with Crippen molar-refractivity contribution in [2.24, 2.45) is 0 Å². The van der Waals surface area contributed by atoms with E-state index in [4.69, 9.17) is 14.7 Å². The van der Waals surface area contributed by atoms with Crippen LogP contribution in [0.25, 0.3) is 6.08 Å². The van der Waals surface area contributed by atoms with Crippen molar-refractivity contribution in [3.05, 3.63) is 65.2 Å². The second-order valence-corrected chi connectivity index (χ2v) is 5.24. The largest absolute Gasteiger partial charge is 0.488 e. The summed E-state index contributed by atoms with van der Waals surface area (Å²) in [5.41, 5.74) is 2.09. The molecule has 0 fully saturated rings. The highest BCUT2D eigenvalue weighted by molar-refractivity contribution is 6.14. The summed E-state index contributed by atoms with van der Waals surface area (Å²) in [5.74, 6) is 1.24. The highest BCUT2D eigenvalue weighted by atomic mass is 16.5. The fraction of sp³-hybridized carbons (Fsp3) is 0.158. The van der Waals surface area contributed by atoms with E-state index in [2.05, 4.69) is 0 Å². The number of carbonyl (C=O) groups excluding carboxylic acids is 1. The maximum absolute atomic E-state index is 12.5. The number of ether oxygens (including phenoxy) is 2. The lowest BCUT2D eigenvalue weighted by Gasteiger charge is -2.18. The minimum Gasteiger partial charge on any atom is -0.488 e. The van der Waals surface area contributed by atoms with Crippen LogP contribution in [0.3, 0.4) is 0 Å². The maximum atomic E-state index is 12.5. The van der Waals surface area contributed by atoms with Gasteiger partial charge < -0.3 is 9.47 Å². The van der Waals surface area contributed by atoms with Crippen molar-refractivity contribution in [3.8, 4) is 17.6 Å². The topological polar surface area (TPSA) is 59.3 Å². The molecule has 0 aliphatic carbocycles. The molecule has 2 aromatic carbocycles. The van der Waals surface area contributed by atoms with Gasteiger partial charge in [0.15, 0.2) is 11.9 Å². The first kappa shape index (κ1) is 14.9. The summed E-state index contributed by atoms with van der Waals surface area (Å²) in [6, 6.07) is 16.5. The van der Waals surface area contributed by atoms with E-state index in [9.17, 15) is 4.79 Å². The molecule has 0 amide bonds. The van der Waals surface area contributed by atoms with Gasteiger partial charge in [-0.2, -0.15) is 5.26 Å². The van der Waals surface area contributed by atoms with E-state index >= 15 is 0 Å². The average Bonchev–Trinajstić information content (AvgIpc) is 2.59. The summed E-state index contributed by atoms with van der Waals surface area (Å²) in [6.45, 7) is 1.95. The fourth-order valence-corrected chi connectivity index (χ4v) is 2.36. The van der Waals surface area contributed by atoms with Crippen LogP contribution >= 0.6 is 0 Å². The zero-order valence-corrected chi connectivity index (χ0v) is 12.7. The van der Waals surface area contributed by atoms with Crippen LogP contribution in [0.2, 0.25) is 0 Å². The van der Waals surface area contributed by atoms with E-state index in [1.807, 2.05) is 36.4 Å². The number of hydrogen-bond donors (Lipinski definition) is 0. The quantitative estimate of drug-likeness (QED) is 0.812. The first-order valence-corrected chi connectivity index (χ1v) is 7.31. The lowest BCUT2D eigenvalue weighted by molar-refractivity contribution is 0.100. The van der Waals surface area contributed by atoms with Crippen molar-refractivity contribution in [1.82, 2.24) is 0 Å². The third-order valence-corrected chi connectivity index (χ3v) is 3.52. The summed E-state index contributed by atoms with van der Waals surface area (Å²) in [5, 5.41) is 8.74. The van der Waals surface area contributed by atoms with E-state index in [0.717, 1.165) is 5.56 Å². The van der Waals surface area contributed by atoms with Crippen LogP contribution in [0, 0.1) is 11.3 Å². The van der Waals surface area contributed by atoms with Gasteiger partial charge in [-0.15, -0.1) is 0 Å². The van der Waals surface area contributed by atoms with Crippen molar-refractivity contribution in [2.45, 2.75) is 13.0 Å². The standard InChI is InChI=1S/C19H15NO3/c1-13(11-20)23-16-8-6-14(7-9-16)10-15-12-22-18-5-3-2-4-17(18)19(15)21/h2-10,13H,12H2,1H3/b15-10-. The van der Waals surface area contributed by atoms with Gasteiger partial charge >= 0.3 is 0 Å². The number of hydrogen-bond acceptors (Lipinski definition) is 4. The smallest absolute Gasteiger partial charge is 0.196 e. The van der Waals surface area contributed by atoms with Crippen molar-refractivity contribution in [1.29, 1.82) is 5.26 Å². The van der Waals surface area contributed by atoms with Gasteiger partial charge in [0.1, 0.15) is 24.2 Å². The highest BCUT2D eigenvalue weighted by Crippen LogP contribution is 2.27. The van der Waals surface area contributed by atoms with Crippen LogP contribution in [0.1, 0.15) is 22.8 Å². The predicted octanol–water partition coefficient (Wildman–Crippen LogP) is 3.64. The number of nitriles is 1. The minimum atomic E-state index is -0.496. The molecule has 0 N–H and O–H groups in total. The Kier molecular flexibility index (Phi) is 4.11. The molecule has 1 heterocycles. The lowest BCUT2D eigenvalue weighted by Crippen LogP contribution is -2.18. The first-order chi connectivity index (χ1) is 11.2. The Hall–Kier alpha value is -3.06. The molecule has 0 aromatic heterocycles. The van der Waals surface area contributed by atoms with Gasteiger partial charge in [-0.05, 0) is 42.8 Å². The van der Waals surface area contributed by atoms with Crippen LogP contribution < -0.4 is 9.47 Å². The molecule has 4 heteroatoms. The summed E-state index contributed by atoms with van der Waals surface area (Å²) < 4.78 is 11.0. The predicted molar refractivity (Wildman–Crippen MR) is 86.4 cm³/mol. The summed E-state index contributed by atoms with van der Waals surface area (Å²) in [6.07, 6.45) is 1.32. The molecule has 1 aliphatic rings. The van der Waals surface area contributed by atoms with Crippen molar-refractivity contribution in [2.75, 3.05) is 6.61 Å². The Morgan fingerprint density at radius 2 is 1.96 bits per heavy atom. The number of nitrogens with zero attached hydrogens (tertiary/aromatic N) is 1. The van der Waals surface area contributed by atoms with E-state index < -0.39 is 6.10 Å². The zero-order valence-electron chi connectivity index (χ0n) is 12.7. The normalized spacial score (nSPS) is 16.2. The monoisotopic (exact) mass is 305 g/mol. The number of benzene rings is 2. The van der Waals surface area contributed by atoms with Crippen LogP contribution in [0.15, 0.2) is 54.1 Å². The van der Waals surface area contributed by atoms with Crippen LogP contribution in [-0.2, 0) is 0 Å². The van der Waals surface area contributed by atoms with E-state index in [0.29, 0.717) is 22.6 Å². The third kappa shape index (κ3) is 3.24. The zero-order chi connectivity index (χ0) is 16.2. The van der Waals surface area contributed by atoms with E-state index in [-0.39, 0.29) is 12.4 Å². The van der Waals surface area contributed by atoms with Gasteiger partial charge in [-0.1, -0.05) is 24.3 Å². The van der Waals surface area contributed by atoms with Crippen molar-refractivity contribution >= 4 is 11.9 Å². The van der Waals surface area contributed by atoms with Crippen LogP contribution in [0.4, 0.5) is 0 Å².